The van der Waals surface area contributed by atoms with Crippen LogP contribution < -0.4 is 0 Å². The lowest BCUT2D eigenvalue weighted by Gasteiger charge is -2.30. The number of rotatable bonds is 8. The van der Waals surface area contributed by atoms with Gasteiger partial charge in [-0.05, 0) is 25.7 Å². The molecule has 0 aromatic heterocycles. The second-order valence-electron chi connectivity index (χ2n) is 4.84. The molecular weight excluding hydrogens is 200 g/mol. The van der Waals surface area contributed by atoms with Crippen LogP contribution in [0.2, 0.25) is 0 Å². The second-order valence-corrected chi connectivity index (χ2v) is 4.84. The third-order valence-electron chi connectivity index (χ3n) is 3.26. The molecule has 1 rings (SSSR count). The van der Waals surface area contributed by atoms with Crippen molar-refractivity contribution in [2.45, 2.75) is 84.0 Å². The molecule has 0 aromatic carbocycles. The van der Waals surface area contributed by atoms with Crippen molar-refractivity contribution in [2.75, 3.05) is 6.61 Å². The average molecular weight is 228 g/mol. The van der Waals surface area contributed by atoms with Gasteiger partial charge in [0.2, 0.25) is 0 Å². The lowest BCUT2D eigenvalue weighted by atomic mass is 10.1. The van der Waals surface area contributed by atoms with E-state index in [4.69, 9.17) is 9.47 Å². The van der Waals surface area contributed by atoms with Crippen LogP contribution in [0.15, 0.2) is 0 Å². The molecule has 1 heterocycles. The molecular formula is C14H28O2. The highest BCUT2D eigenvalue weighted by atomic mass is 16.7. The van der Waals surface area contributed by atoms with Gasteiger partial charge < -0.3 is 9.47 Å². The summed E-state index contributed by atoms with van der Waals surface area (Å²) in [5.74, 6) is 0. The quantitative estimate of drug-likeness (QED) is 0.577. The normalized spacial score (nSPS) is 25.9. The fourth-order valence-corrected chi connectivity index (χ4v) is 2.20. The van der Waals surface area contributed by atoms with E-state index < -0.39 is 0 Å². The monoisotopic (exact) mass is 228 g/mol. The summed E-state index contributed by atoms with van der Waals surface area (Å²) in [6.07, 6.45) is 11.7. The molecule has 0 aromatic rings. The van der Waals surface area contributed by atoms with Crippen molar-refractivity contribution < 1.29 is 9.47 Å². The average Bonchev–Trinajstić information content (AvgIpc) is 2.30. The third kappa shape index (κ3) is 5.86. The first-order valence-electron chi connectivity index (χ1n) is 7.13. The lowest BCUT2D eigenvalue weighted by molar-refractivity contribution is -0.216. The summed E-state index contributed by atoms with van der Waals surface area (Å²) >= 11 is 0. The van der Waals surface area contributed by atoms with Gasteiger partial charge >= 0.3 is 0 Å². The Labute approximate surface area is 101 Å². The van der Waals surface area contributed by atoms with Crippen molar-refractivity contribution in [3.8, 4) is 0 Å². The fraction of sp³-hybridized carbons (Fsp3) is 1.00. The Morgan fingerprint density at radius 2 is 1.62 bits per heavy atom. The number of ether oxygens (including phenoxy) is 2. The lowest BCUT2D eigenvalue weighted by Crippen LogP contribution is -2.32. The van der Waals surface area contributed by atoms with E-state index in [1.165, 1.54) is 44.9 Å². The molecule has 1 aliphatic rings. The maximum atomic E-state index is 5.96. The van der Waals surface area contributed by atoms with Crippen LogP contribution in [-0.4, -0.2) is 19.0 Å². The molecule has 16 heavy (non-hydrogen) atoms. The van der Waals surface area contributed by atoms with E-state index in [0.29, 0.717) is 6.10 Å². The predicted molar refractivity (Wildman–Crippen MR) is 67.5 cm³/mol. The molecule has 2 nitrogen and oxygen atoms in total. The number of hydrogen-bond acceptors (Lipinski definition) is 2. The summed E-state index contributed by atoms with van der Waals surface area (Å²) < 4.78 is 11.6. The van der Waals surface area contributed by atoms with Gasteiger partial charge in [0.05, 0.1) is 12.7 Å². The molecule has 96 valence electrons. The van der Waals surface area contributed by atoms with Crippen molar-refractivity contribution in [2.24, 2.45) is 0 Å². The number of unbranched alkanes of at least 4 members (excludes halogenated alkanes) is 4. The number of hydrogen-bond donors (Lipinski definition) is 0. The van der Waals surface area contributed by atoms with Crippen molar-refractivity contribution in [3.05, 3.63) is 0 Å². The highest BCUT2D eigenvalue weighted by Crippen LogP contribution is 2.21. The van der Waals surface area contributed by atoms with Gasteiger partial charge in [0, 0.05) is 0 Å². The molecule has 0 unspecified atom stereocenters. The minimum atomic E-state index is 0.0897. The molecule has 1 fully saturated rings. The first-order chi connectivity index (χ1) is 7.86. The van der Waals surface area contributed by atoms with Gasteiger partial charge in [-0.3, -0.25) is 0 Å². The molecule has 0 bridgehead atoms. The van der Waals surface area contributed by atoms with Crippen LogP contribution in [0.4, 0.5) is 0 Å². The Hall–Kier alpha value is -0.0800. The molecule has 0 amide bonds. The van der Waals surface area contributed by atoms with E-state index in [2.05, 4.69) is 13.8 Å². The maximum Gasteiger partial charge on any atom is 0.157 e. The molecule has 2 heteroatoms. The Bertz CT molecular complexity index is 143. The Morgan fingerprint density at radius 1 is 0.938 bits per heavy atom. The van der Waals surface area contributed by atoms with Crippen LogP contribution >= 0.6 is 0 Å². The smallest absolute Gasteiger partial charge is 0.157 e. The van der Waals surface area contributed by atoms with E-state index in [1.54, 1.807) is 0 Å². The van der Waals surface area contributed by atoms with E-state index in [0.717, 1.165) is 19.4 Å². The zero-order chi connectivity index (χ0) is 11.6. The van der Waals surface area contributed by atoms with Gasteiger partial charge in [-0.2, -0.15) is 0 Å². The van der Waals surface area contributed by atoms with Crippen molar-refractivity contribution >= 4 is 0 Å². The van der Waals surface area contributed by atoms with Crippen LogP contribution in [0.3, 0.4) is 0 Å². The Morgan fingerprint density at radius 3 is 2.31 bits per heavy atom. The third-order valence-corrected chi connectivity index (χ3v) is 3.26. The topological polar surface area (TPSA) is 18.5 Å². The SMILES string of the molecule is CCCCC[C@@H]1CCO[C@@H](CCCCC)O1. The van der Waals surface area contributed by atoms with Crippen LogP contribution in [0.1, 0.15) is 71.6 Å². The molecule has 2 atom stereocenters. The van der Waals surface area contributed by atoms with E-state index >= 15 is 0 Å². The van der Waals surface area contributed by atoms with Crippen LogP contribution in [0, 0.1) is 0 Å². The summed E-state index contributed by atoms with van der Waals surface area (Å²) in [7, 11) is 0. The van der Waals surface area contributed by atoms with Crippen LogP contribution in [-0.2, 0) is 9.47 Å². The first kappa shape index (κ1) is 14.0. The molecule has 0 radical (unpaired) electrons. The molecule has 0 aliphatic carbocycles. The summed E-state index contributed by atoms with van der Waals surface area (Å²) in [4.78, 5) is 0. The largest absolute Gasteiger partial charge is 0.353 e. The maximum absolute atomic E-state index is 5.96. The standard InChI is InChI=1S/C14H28O2/c1-3-5-7-9-13-11-12-15-14(16-13)10-8-6-4-2/h13-14H,3-12H2,1-2H3/t13-,14-/m1/s1. The summed E-state index contributed by atoms with van der Waals surface area (Å²) in [5.41, 5.74) is 0. The second kappa shape index (κ2) is 9.00. The van der Waals surface area contributed by atoms with Crippen molar-refractivity contribution in [1.82, 2.24) is 0 Å². The van der Waals surface area contributed by atoms with Gasteiger partial charge in [0.25, 0.3) is 0 Å². The fourth-order valence-electron chi connectivity index (χ4n) is 2.20. The summed E-state index contributed by atoms with van der Waals surface area (Å²) in [5, 5.41) is 0. The van der Waals surface area contributed by atoms with E-state index in [-0.39, 0.29) is 6.29 Å². The van der Waals surface area contributed by atoms with E-state index in [9.17, 15) is 0 Å². The Balaban J connectivity index is 2.09. The van der Waals surface area contributed by atoms with Gasteiger partial charge in [-0.25, -0.2) is 0 Å². The molecule has 0 N–H and O–H groups in total. The van der Waals surface area contributed by atoms with Crippen molar-refractivity contribution in [1.29, 1.82) is 0 Å². The minimum absolute atomic E-state index is 0.0897. The zero-order valence-corrected chi connectivity index (χ0v) is 11.0. The van der Waals surface area contributed by atoms with Gasteiger partial charge in [0.1, 0.15) is 0 Å². The summed E-state index contributed by atoms with van der Waals surface area (Å²) in [6.45, 7) is 5.38. The highest BCUT2D eigenvalue weighted by Gasteiger charge is 2.21. The highest BCUT2D eigenvalue weighted by molar-refractivity contribution is 4.64. The zero-order valence-electron chi connectivity index (χ0n) is 11.0. The minimum Gasteiger partial charge on any atom is -0.353 e. The molecule has 0 saturated carbocycles. The van der Waals surface area contributed by atoms with Crippen molar-refractivity contribution in [3.63, 3.8) is 0 Å². The molecule has 1 saturated heterocycles. The molecule has 0 spiro atoms. The summed E-state index contributed by atoms with van der Waals surface area (Å²) in [6, 6.07) is 0. The van der Waals surface area contributed by atoms with Crippen LogP contribution in [0.25, 0.3) is 0 Å². The van der Waals surface area contributed by atoms with Crippen LogP contribution in [0.5, 0.6) is 0 Å². The molecule has 1 aliphatic heterocycles. The van der Waals surface area contributed by atoms with Gasteiger partial charge in [-0.1, -0.05) is 46.0 Å². The van der Waals surface area contributed by atoms with Gasteiger partial charge in [0.15, 0.2) is 6.29 Å². The van der Waals surface area contributed by atoms with Gasteiger partial charge in [-0.15, -0.1) is 0 Å². The Kier molecular flexibility index (Phi) is 7.87. The first-order valence-corrected chi connectivity index (χ1v) is 7.13. The van der Waals surface area contributed by atoms with E-state index in [1.807, 2.05) is 0 Å². The predicted octanol–water partition coefficient (Wildman–Crippen LogP) is 4.28.